The van der Waals surface area contributed by atoms with Crippen molar-refractivity contribution < 1.29 is 9.13 Å². The molecular weight excluding hydrogens is 371 g/mol. The summed E-state index contributed by atoms with van der Waals surface area (Å²) in [7, 11) is 1.66. The average molecular weight is 394 g/mol. The molecule has 2 aromatic carbocycles. The van der Waals surface area contributed by atoms with Crippen LogP contribution in [0.3, 0.4) is 0 Å². The molecule has 0 bridgehead atoms. The lowest BCUT2D eigenvalue weighted by Gasteiger charge is -2.36. The number of nitrogens with one attached hydrogen (secondary N) is 1. The number of hydrogen-bond acceptors (Lipinski definition) is 7. The molecule has 2 heterocycles. The van der Waals surface area contributed by atoms with Gasteiger partial charge in [-0.1, -0.05) is 30.3 Å². The highest BCUT2D eigenvalue weighted by atomic mass is 19.1. The molecule has 1 fully saturated rings. The van der Waals surface area contributed by atoms with Crippen LogP contribution in [-0.2, 0) is 6.54 Å². The van der Waals surface area contributed by atoms with Gasteiger partial charge in [0, 0.05) is 38.3 Å². The molecule has 3 aromatic rings. The van der Waals surface area contributed by atoms with Crippen molar-refractivity contribution in [3.63, 3.8) is 0 Å². The molecule has 8 heteroatoms. The number of para-hydroxylation sites is 2. The number of methoxy groups -OCH3 is 1. The molecule has 7 nitrogen and oxygen atoms in total. The first kappa shape index (κ1) is 18.9. The number of piperazine rings is 1. The maximum absolute atomic E-state index is 14.0. The molecule has 0 saturated carbocycles. The van der Waals surface area contributed by atoms with Crippen molar-refractivity contribution >= 4 is 17.5 Å². The third-order valence-electron chi connectivity index (χ3n) is 4.96. The lowest BCUT2D eigenvalue weighted by atomic mass is 10.2. The molecule has 1 aliphatic heterocycles. The summed E-state index contributed by atoms with van der Waals surface area (Å²) in [5.74, 6) is 1.86. The molecule has 1 aliphatic rings. The number of halogens is 1. The first-order chi connectivity index (χ1) is 14.2. The highest BCUT2D eigenvalue weighted by molar-refractivity contribution is 5.50. The van der Waals surface area contributed by atoms with E-state index in [-0.39, 0.29) is 5.82 Å². The van der Waals surface area contributed by atoms with Crippen LogP contribution in [0, 0.1) is 5.82 Å². The minimum Gasteiger partial charge on any atom is -0.496 e. The zero-order chi connectivity index (χ0) is 20.1. The summed E-state index contributed by atoms with van der Waals surface area (Å²) in [6.45, 7) is 3.37. The number of ether oxygens (including phenoxy) is 1. The fourth-order valence-corrected chi connectivity index (χ4v) is 3.40. The number of hydrogen-bond donors (Lipinski definition) is 1. The van der Waals surface area contributed by atoms with Gasteiger partial charge in [0.25, 0.3) is 0 Å². The Bertz CT molecular complexity index is 961. The van der Waals surface area contributed by atoms with Crippen molar-refractivity contribution in [3.8, 4) is 5.75 Å². The maximum atomic E-state index is 14.0. The number of benzene rings is 2. The molecule has 0 spiro atoms. The van der Waals surface area contributed by atoms with Crippen LogP contribution in [0.5, 0.6) is 5.75 Å². The van der Waals surface area contributed by atoms with Crippen LogP contribution in [0.15, 0.2) is 54.7 Å². The van der Waals surface area contributed by atoms with Gasteiger partial charge in [-0.15, -0.1) is 5.10 Å². The summed E-state index contributed by atoms with van der Waals surface area (Å²) in [6, 6.07) is 14.7. The molecule has 1 N–H and O–H groups in total. The Labute approximate surface area is 169 Å². The van der Waals surface area contributed by atoms with Gasteiger partial charge >= 0.3 is 0 Å². The second-order valence-corrected chi connectivity index (χ2v) is 6.73. The van der Waals surface area contributed by atoms with E-state index in [4.69, 9.17) is 4.74 Å². The van der Waals surface area contributed by atoms with Crippen molar-refractivity contribution in [2.45, 2.75) is 6.54 Å². The third-order valence-corrected chi connectivity index (χ3v) is 4.96. The van der Waals surface area contributed by atoms with Crippen LogP contribution in [0.1, 0.15) is 5.56 Å². The second-order valence-electron chi connectivity index (χ2n) is 6.73. The van der Waals surface area contributed by atoms with Gasteiger partial charge in [-0.2, -0.15) is 10.1 Å². The summed E-state index contributed by atoms with van der Waals surface area (Å²) in [6.07, 6.45) is 1.61. The molecule has 150 valence electrons. The van der Waals surface area contributed by atoms with Gasteiger partial charge < -0.3 is 19.9 Å². The summed E-state index contributed by atoms with van der Waals surface area (Å²) in [5.41, 5.74) is 1.67. The lowest BCUT2D eigenvalue weighted by molar-refractivity contribution is 0.410. The van der Waals surface area contributed by atoms with Gasteiger partial charge in [0.1, 0.15) is 11.6 Å². The molecule has 0 radical (unpaired) electrons. The highest BCUT2D eigenvalue weighted by Gasteiger charge is 2.21. The van der Waals surface area contributed by atoms with E-state index in [1.165, 1.54) is 6.07 Å². The number of anilines is 3. The Balaban J connectivity index is 1.39. The van der Waals surface area contributed by atoms with E-state index in [9.17, 15) is 4.39 Å². The fourth-order valence-electron chi connectivity index (χ4n) is 3.40. The second kappa shape index (κ2) is 8.72. The largest absolute Gasteiger partial charge is 0.496 e. The van der Waals surface area contributed by atoms with E-state index in [0.717, 1.165) is 11.3 Å². The van der Waals surface area contributed by atoms with E-state index in [2.05, 4.69) is 25.4 Å². The van der Waals surface area contributed by atoms with E-state index < -0.39 is 0 Å². The van der Waals surface area contributed by atoms with Crippen molar-refractivity contribution in [3.05, 3.63) is 66.1 Å². The minimum absolute atomic E-state index is 0.193. The fraction of sp³-hybridized carbons (Fsp3) is 0.286. The maximum Gasteiger partial charge on any atom is 0.247 e. The summed E-state index contributed by atoms with van der Waals surface area (Å²) >= 11 is 0. The predicted molar refractivity (Wildman–Crippen MR) is 111 cm³/mol. The SMILES string of the molecule is COc1ccccc1CNc1cnnc(N2CCN(c3ccccc3F)CC2)n1. The molecule has 1 aromatic heterocycles. The van der Waals surface area contributed by atoms with E-state index in [1.54, 1.807) is 19.4 Å². The molecule has 0 aliphatic carbocycles. The van der Waals surface area contributed by atoms with Gasteiger partial charge in [-0.05, 0) is 18.2 Å². The smallest absolute Gasteiger partial charge is 0.247 e. The zero-order valence-corrected chi connectivity index (χ0v) is 16.3. The van der Waals surface area contributed by atoms with Gasteiger partial charge in [0.15, 0.2) is 5.82 Å². The highest BCUT2D eigenvalue weighted by Crippen LogP contribution is 2.22. The third kappa shape index (κ3) is 4.37. The lowest BCUT2D eigenvalue weighted by Crippen LogP contribution is -2.47. The van der Waals surface area contributed by atoms with E-state index in [1.807, 2.05) is 41.3 Å². The molecule has 0 unspecified atom stereocenters. The predicted octanol–water partition coefficient (Wildman–Crippen LogP) is 2.96. The summed E-state index contributed by atoms with van der Waals surface area (Å²) in [4.78, 5) is 8.70. The van der Waals surface area contributed by atoms with Gasteiger partial charge in [0.05, 0.1) is 19.0 Å². The first-order valence-electron chi connectivity index (χ1n) is 9.54. The molecule has 1 saturated heterocycles. The Morgan fingerprint density at radius 2 is 1.72 bits per heavy atom. The van der Waals surface area contributed by atoms with Crippen LogP contribution >= 0.6 is 0 Å². The average Bonchev–Trinajstić information content (AvgIpc) is 2.78. The zero-order valence-electron chi connectivity index (χ0n) is 16.3. The van der Waals surface area contributed by atoms with Crippen molar-refractivity contribution in [2.24, 2.45) is 0 Å². The van der Waals surface area contributed by atoms with Crippen molar-refractivity contribution in [2.75, 3.05) is 48.4 Å². The van der Waals surface area contributed by atoms with Crippen molar-refractivity contribution in [1.29, 1.82) is 0 Å². The van der Waals surface area contributed by atoms with E-state index in [0.29, 0.717) is 50.2 Å². The monoisotopic (exact) mass is 394 g/mol. The van der Waals surface area contributed by atoms with Crippen LogP contribution in [0.25, 0.3) is 0 Å². The number of aromatic nitrogens is 3. The van der Waals surface area contributed by atoms with Gasteiger partial charge in [-0.3, -0.25) is 0 Å². The quantitative estimate of drug-likeness (QED) is 0.689. The van der Waals surface area contributed by atoms with E-state index >= 15 is 0 Å². The van der Waals surface area contributed by atoms with Crippen LogP contribution in [-0.4, -0.2) is 48.5 Å². The molecular formula is C21H23FN6O. The van der Waals surface area contributed by atoms with Crippen LogP contribution in [0.4, 0.5) is 21.8 Å². The Kier molecular flexibility index (Phi) is 5.69. The standard InChI is InChI=1S/C21H23FN6O/c1-29-19-9-5-2-6-16(19)14-23-20-15-24-26-21(25-20)28-12-10-27(11-13-28)18-8-4-3-7-17(18)22/h2-9,15H,10-14H2,1H3,(H,23,25,26). The Hall–Kier alpha value is -3.42. The van der Waals surface area contributed by atoms with Gasteiger partial charge in [0.2, 0.25) is 5.95 Å². The number of rotatable bonds is 6. The Morgan fingerprint density at radius 1 is 1.00 bits per heavy atom. The molecule has 0 atom stereocenters. The minimum atomic E-state index is -0.193. The molecule has 4 rings (SSSR count). The topological polar surface area (TPSA) is 66.4 Å². The Morgan fingerprint density at radius 3 is 2.52 bits per heavy atom. The van der Waals surface area contributed by atoms with Crippen molar-refractivity contribution in [1.82, 2.24) is 15.2 Å². The molecule has 29 heavy (non-hydrogen) atoms. The normalized spacial score (nSPS) is 14.0. The summed E-state index contributed by atoms with van der Waals surface area (Å²) < 4.78 is 19.4. The first-order valence-corrected chi connectivity index (χ1v) is 9.54. The van der Waals surface area contributed by atoms with Crippen LogP contribution < -0.4 is 19.9 Å². The van der Waals surface area contributed by atoms with Gasteiger partial charge in [-0.25, -0.2) is 4.39 Å². The number of nitrogens with zero attached hydrogens (tertiary/aromatic N) is 5. The van der Waals surface area contributed by atoms with Crippen LogP contribution in [0.2, 0.25) is 0 Å². The summed E-state index contributed by atoms with van der Waals surface area (Å²) in [5, 5.41) is 11.5. The molecule has 0 amide bonds.